The summed E-state index contributed by atoms with van der Waals surface area (Å²) >= 11 is 1.08. The zero-order valence-corrected chi connectivity index (χ0v) is 13.2. The third-order valence-electron chi connectivity index (χ3n) is 2.68. The van der Waals surface area contributed by atoms with Crippen molar-refractivity contribution in [3.63, 3.8) is 0 Å². The number of ether oxygens (including phenoxy) is 1. The maximum atomic E-state index is 11.7. The molecule has 0 bridgehead atoms. The van der Waals surface area contributed by atoms with E-state index in [1.807, 2.05) is 6.07 Å². The van der Waals surface area contributed by atoms with Crippen molar-refractivity contribution in [3.05, 3.63) is 4.88 Å². The first-order chi connectivity index (χ1) is 9.41. The topological polar surface area (TPSA) is 105 Å². The van der Waals surface area contributed by atoms with Crippen molar-refractivity contribution in [2.45, 2.75) is 24.2 Å². The van der Waals surface area contributed by atoms with E-state index >= 15 is 0 Å². The Morgan fingerprint density at radius 2 is 2.10 bits per heavy atom. The van der Waals surface area contributed by atoms with Gasteiger partial charge < -0.3 is 15.8 Å². The quantitative estimate of drug-likeness (QED) is 0.709. The molecule has 6 nitrogen and oxygen atoms in total. The molecule has 0 radical (unpaired) electrons. The smallest absolute Gasteiger partial charge is 0.180 e. The van der Waals surface area contributed by atoms with Gasteiger partial charge in [-0.15, -0.1) is 11.3 Å². The number of nitrogens with zero attached hydrogens (tertiary/aromatic N) is 1. The first kappa shape index (κ1) is 16.8. The van der Waals surface area contributed by atoms with Crippen molar-refractivity contribution in [2.75, 3.05) is 37.6 Å². The van der Waals surface area contributed by atoms with Crippen LogP contribution in [0.3, 0.4) is 0 Å². The zero-order valence-electron chi connectivity index (χ0n) is 11.6. The fourth-order valence-electron chi connectivity index (χ4n) is 1.75. The SMILES string of the molecule is COCCCCCNc1sc(C#N)c(N)c1S(C)(=O)=O. The van der Waals surface area contributed by atoms with Crippen molar-refractivity contribution in [1.29, 1.82) is 5.26 Å². The minimum absolute atomic E-state index is 0.0379. The minimum atomic E-state index is -3.45. The number of rotatable bonds is 8. The van der Waals surface area contributed by atoms with Crippen molar-refractivity contribution in [1.82, 2.24) is 0 Å². The van der Waals surface area contributed by atoms with E-state index in [0.717, 1.165) is 43.5 Å². The summed E-state index contributed by atoms with van der Waals surface area (Å²) in [6, 6.07) is 1.92. The Kier molecular flexibility index (Phi) is 6.26. The Morgan fingerprint density at radius 3 is 2.65 bits per heavy atom. The van der Waals surface area contributed by atoms with Gasteiger partial charge in [0.05, 0.1) is 5.69 Å². The molecule has 1 aromatic heterocycles. The summed E-state index contributed by atoms with van der Waals surface area (Å²) < 4.78 is 28.4. The summed E-state index contributed by atoms with van der Waals surface area (Å²) in [7, 11) is -1.79. The zero-order chi connectivity index (χ0) is 15.2. The third-order valence-corrected chi connectivity index (χ3v) is 5.05. The van der Waals surface area contributed by atoms with Crippen LogP contribution in [0.15, 0.2) is 4.90 Å². The molecular formula is C12H19N3O3S2. The number of thiophene rings is 1. The van der Waals surface area contributed by atoms with Crippen molar-refractivity contribution in [3.8, 4) is 6.07 Å². The van der Waals surface area contributed by atoms with Crippen molar-refractivity contribution >= 4 is 31.9 Å². The van der Waals surface area contributed by atoms with Gasteiger partial charge in [-0.1, -0.05) is 0 Å². The van der Waals surface area contributed by atoms with E-state index in [2.05, 4.69) is 5.32 Å². The number of methoxy groups -OCH3 is 1. The van der Waals surface area contributed by atoms with E-state index < -0.39 is 9.84 Å². The molecule has 0 saturated heterocycles. The summed E-state index contributed by atoms with van der Waals surface area (Å²) in [5, 5.41) is 12.4. The van der Waals surface area contributed by atoms with Crippen LogP contribution in [0.4, 0.5) is 10.7 Å². The van der Waals surface area contributed by atoms with Crippen LogP contribution in [-0.2, 0) is 14.6 Å². The highest BCUT2D eigenvalue weighted by atomic mass is 32.2. The number of nitrogen functional groups attached to an aromatic ring is 1. The maximum absolute atomic E-state index is 11.7. The molecule has 0 spiro atoms. The summed E-state index contributed by atoms with van der Waals surface area (Å²) in [6.07, 6.45) is 3.94. The van der Waals surface area contributed by atoms with Gasteiger partial charge in [-0.25, -0.2) is 8.42 Å². The number of hydrogen-bond acceptors (Lipinski definition) is 7. The van der Waals surface area contributed by atoms with E-state index in [9.17, 15) is 8.42 Å². The van der Waals surface area contributed by atoms with Gasteiger partial charge in [0.2, 0.25) is 0 Å². The van der Waals surface area contributed by atoms with Gasteiger partial charge in [0.15, 0.2) is 9.84 Å². The molecule has 0 aromatic carbocycles. The van der Waals surface area contributed by atoms with Crippen molar-refractivity contribution < 1.29 is 13.2 Å². The maximum Gasteiger partial charge on any atom is 0.180 e. The highest BCUT2D eigenvalue weighted by molar-refractivity contribution is 7.91. The predicted octanol–water partition coefficient (Wildman–Crippen LogP) is 1.83. The van der Waals surface area contributed by atoms with E-state index in [-0.39, 0.29) is 15.5 Å². The predicted molar refractivity (Wildman–Crippen MR) is 80.8 cm³/mol. The fraction of sp³-hybridized carbons (Fsp3) is 0.583. The second-order valence-corrected chi connectivity index (χ2v) is 7.34. The Morgan fingerprint density at radius 1 is 1.40 bits per heavy atom. The molecule has 0 aliphatic heterocycles. The molecule has 1 rings (SSSR count). The largest absolute Gasteiger partial charge is 0.396 e. The third kappa shape index (κ3) is 4.37. The molecule has 1 heterocycles. The van der Waals surface area contributed by atoms with Gasteiger partial charge in [-0.3, -0.25) is 0 Å². The summed E-state index contributed by atoms with van der Waals surface area (Å²) in [5.41, 5.74) is 5.77. The molecule has 0 saturated carbocycles. The molecule has 0 fully saturated rings. The second kappa shape index (κ2) is 7.47. The molecule has 1 aromatic rings. The lowest BCUT2D eigenvalue weighted by Gasteiger charge is -2.06. The molecule has 0 unspecified atom stereocenters. The summed E-state index contributed by atoms with van der Waals surface area (Å²) in [4.78, 5) is 0.267. The minimum Gasteiger partial charge on any atom is -0.396 e. The van der Waals surface area contributed by atoms with Crippen molar-refractivity contribution in [2.24, 2.45) is 0 Å². The number of nitrogens with one attached hydrogen (secondary N) is 1. The van der Waals surface area contributed by atoms with Crippen LogP contribution >= 0.6 is 11.3 Å². The normalized spacial score (nSPS) is 11.2. The summed E-state index contributed by atoms with van der Waals surface area (Å²) in [6.45, 7) is 1.36. The molecule has 0 aliphatic carbocycles. The highest BCUT2D eigenvalue weighted by Crippen LogP contribution is 2.38. The van der Waals surface area contributed by atoms with Crippen LogP contribution in [0, 0.1) is 11.3 Å². The number of unbranched alkanes of at least 4 members (excludes halogenated alkanes) is 2. The molecule has 0 aliphatic rings. The van der Waals surface area contributed by atoms with Crippen LogP contribution in [0.25, 0.3) is 0 Å². The van der Waals surface area contributed by atoms with Gasteiger partial charge in [-0.05, 0) is 19.3 Å². The molecule has 20 heavy (non-hydrogen) atoms. The Labute approximate surface area is 123 Å². The second-order valence-electron chi connectivity index (χ2n) is 4.37. The lowest BCUT2D eigenvalue weighted by molar-refractivity contribution is 0.192. The lowest BCUT2D eigenvalue weighted by Crippen LogP contribution is -2.07. The van der Waals surface area contributed by atoms with Crippen LogP contribution in [-0.4, -0.2) is 34.9 Å². The molecule has 0 atom stereocenters. The van der Waals surface area contributed by atoms with Gasteiger partial charge in [0.1, 0.15) is 20.8 Å². The Hall–Kier alpha value is -1.30. The van der Waals surface area contributed by atoms with E-state index in [0.29, 0.717) is 11.5 Å². The number of hydrogen-bond donors (Lipinski definition) is 2. The lowest BCUT2D eigenvalue weighted by atomic mass is 10.2. The van der Waals surface area contributed by atoms with E-state index in [1.54, 1.807) is 7.11 Å². The Balaban J connectivity index is 2.73. The molecule has 0 amide bonds. The van der Waals surface area contributed by atoms with Gasteiger partial charge in [0, 0.05) is 26.5 Å². The van der Waals surface area contributed by atoms with Gasteiger partial charge in [-0.2, -0.15) is 5.26 Å². The van der Waals surface area contributed by atoms with Gasteiger partial charge >= 0.3 is 0 Å². The summed E-state index contributed by atoms with van der Waals surface area (Å²) in [5.74, 6) is 0. The molecule has 3 N–H and O–H groups in total. The molecule has 112 valence electrons. The molecular weight excluding hydrogens is 298 g/mol. The van der Waals surface area contributed by atoms with Gasteiger partial charge in [0.25, 0.3) is 0 Å². The first-order valence-electron chi connectivity index (χ1n) is 6.17. The average molecular weight is 317 g/mol. The standard InChI is InChI=1S/C12H19N3O3S2/c1-18-7-5-3-4-6-15-12-11(20(2,16)17)10(14)9(8-13)19-12/h15H,3-7,14H2,1-2H3. The van der Waals surface area contributed by atoms with E-state index in [1.165, 1.54) is 0 Å². The van der Waals surface area contributed by atoms with E-state index in [4.69, 9.17) is 15.7 Å². The first-order valence-corrected chi connectivity index (χ1v) is 8.87. The molecule has 8 heteroatoms. The van der Waals surface area contributed by atoms with Crippen LogP contribution in [0.2, 0.25) is 0 Å². The monoisotopic (exact) mass is 317 g/mol. The number of nitrogens with two attached hydrogens (primary N) is 1. The Bertz CT molecular complexity index is 588. The number of nitriles is 1. The fourth-order valence-corrected chi connectivity index (χ4v) is 4.14. The number of sulfone groups is 1. The highest BCUT2D eigenvalue weighted by Gasteiger charge is 2.23. The van der Waals surface area contributed by atoms with Crippen LogP contribution in [0.5, 0.6) is 0 Å². The van der Waals surface area contributed by atoms with Crippen LogP contribution in [0.1, 0.15) is 24.1 Å². The average Bonchev–Trinajstić information content (AvgIpc) is 2.69. The van der Waals surface area contributed by atoms with Crippen LogP contribution < -0.4 is 11.1 Å². The number of anilines is 2.